The van der Waals surface area contributed by atoms with Crippen LogP contribution in [0.15, 0.2) is 200 Å². The molecule has 0 amide bonds. The van der Waals surface area contributed by atoms with Crippen molar-refractivity contribution in [2.24, 2.45) is 5.92 Å². The van der Waals surface area contributed by atoms with Crippen LogP contribution in [0.5, 0.6) is 0 Å². The molecule has 2 heteroatoms. The Bertz CT molecular complexity index is 2640. The zero-order valence-corrected chi connectivity index (χ0v) is 35.7. The van der Waals surface area contributed by atoms with Gasteiger partial charge in [0.15, 0.2) is 5.71 Å². The predicted molar refractivity (Wildman–Crippen MR) is 254 cm³/mol. The van der Waals surface area contributed by atoms with Gasteiger partial charge in [-0.2, -0.15) is 4.58 Å². The summed E-state index contributed by atoms with van der Waals surface area (Å²) in [4.78, 5) is 2.70. The van der Waals surface area contributed by atoms with Gasteiger partial charge in [0.1, 0.15) is 7.05 Å². The Balaban J connectivity index is 1.27. The van der Waals surface area contributed by atoms with Gasteiger partial charge in [0.25, 0.3) is 0 Å². The van der Waals surface area contributed by atoms with Crippen LogP contribution in [0.1, 0.15) is 59.2 Å². The molecule has 0 saturated heterocycles. The van der Waals surface area contributed by atoms with Crippen molar-refractivity contribution in [1.82, 2.24) is 0 Å². The molecule has 0 saturated carbocycles. The lowest BCUT2D eigenvalue weighted by atomic mass is 9.68. The summed E-state index contributed by atoms with van der Waals surface area (Å²) in [5, 5.41) is 2.65. The SMILES string of the molecule is Cc1ccc(CC2(Cc3ccccc3)C(=CC=CC3=[N+](C)c4ccccc4C3(Cc3ccccc3)Cc3ccccc3)N(CCC(C)C)c3ccc4ccccc4c32)cc1. The second-order valence-electron chi connectivity index (χ2n) is 17.7. The Morgan fingerprint density at radius 3 is 1.72 bits per heavy atom. The van der Waals surface area contributed by atoms with Crippen LogP contribution in [0, 0.1) is 12.8 Å². The molecule has 1 atom stereocenters. The van der Waals surface area contributed by atoms with Gasteiger partial charge in [0.2, 0.25) is 5.69 Å². The third-order valence-electron chi connectivity index (χ3n) is 13.2. The summed E-state index contributed by atoms with van der Waals surface area (Å²) in [7, 11) is 2.27. The van der Waals surface area contributed by atoms with E-state index in [1.54, 1.807) is 0 Å². The highest BCUT2D eigenvalue weighted by Gasteiger charge is 2.51. The van der Waals surface area contributed by atoms with Gasteiger partial charge < -0.3 is 4.90 Å². The third kappa shape index (κ3) is 7.45. The lowest BCUT2D eigenvalue weighted by Gasteiger charge is -2.35. The maximum Gasteiger partial charge on any atom is 0.209 e. The van der Waals surface area contributed by atoms with E-state index in [1.165, 1.54) is 72.5 Å². The first-order valence-corrected chi connectivity index (χ1v) is 21.9. The lowest BCUT2D eigenvalue weighted by Crippen LogP contribution is -2.39. The van der Waals surface area contributed by atoms with Crippen molar-refractivity contribution in [2.75, 3.05) is 18.5 Å². The number of aryl methyl sites for hydroxylation is 1. The number of hydrogen-bond donors (Lipinski definition) is 0. The summed E-state index contributed by atoms with van der Waals surface area (Å²) in [5.74, 6) is 0.574. The van der Waals surface area contributed by atoms with Crippen molar-refractivity contribution < 1.29 is 4.58 Å². The van der Waals surface area contributed by atoms with Crippen molar-refractivity contribution in [2.45, 2.75) is 63.7 Å². The molecule has 2 nitrogen and oxygen atoms in total. The molecule has 298 valence electrons. The lowest BCUT2D eigenvalue weighted by molar-refractivity contribution is -0.401. The Hall–Kier alpha value is -6.25. The largest absolute Gasteiger partial charge is 0.344 e. The highest BCUT2D eigenvalue weighted by Crippen LogP contribution is 2.55. The van der Waals surface area contributed by atoms with Crippen LogP contribution in [0.3, 0.4) is 0 Å². The second kappa shape index (κ2) is 16.8. The summed E-state index contributed by atoms with van der Waals surface area (Å²) in [6, 6.07) is 65.6. The van der Waals surface area contributed by atoms with Gasteiger partial charge in [0, 0.05) is 41.1 Å². The van der Waals surface area contributed by atoms with E-state index in [1.807, 2.05) is 0 Å². The molecule has 2 aliphatic heterocycles. The summed E-state index contributed by atoms with van der Waals surface area (Å²) in [6.07, 6.45) is 12.1. The normalized spacial score (nSPS) is 17.6. The molecular weight excluding hydrogens is 725 g/mol. The van der Waals surface area contributed by atoms with E-state index < -0.39 is 0 Å². The fourth-order valence-corrected chi connectivity index (χ4v) is 10.4. The van der Waals surface area contributed by atoms with Crippen LogP contribution in [-0.2, 0) is 36.5 Å². The van der Waals surface area contributed by atoms with Crippen LogP contribution in [-0.4, -0.2) is 23.9 Å². The van der Waals surface area contributed by atoms with Crippen LogP contribution < -0.4 is 4.90 Å². The molecular formula is C58H57N2+. The summed E-state index contributed by atoms with van der Waals surface area (Å²) in [5.41, 5.74) is 14.3. The summed E-state index contributed by atoms with van der Waals surface area (Å²) >= 11 is 0. The van der Waals surface area contributed by atoms with Crippen LogP contribution >= 0.6 is 0 Å². The van der Waals surface area contributed by atoms with Crippen LogP contribution in [0.25, 0.3) is 10.8 Å². The number of rotatable bonds is 13. The Morgan fingerprint density at radius 2 is 1.10 bits per heavy atom. The van der Waals surface area contributed by atoms with Crippen molar-refractivity contribution in [3.63, 3.8) is 0 Å². The predicted octanol–water partition coefficient (Wildman–Crippen LogP) is 13.3. The molecule has 2 heterocycles. The smallest absolute Gasteiger partial charge is 0.209 e. The highest BCUT2D eigenvalue weighted by molar-refractivity contribution is 6.04. The van der Waals surface area contributed by atoms with Crippen molar-refractivity contribution in [3.8, 4) is 0 Å². The summed E-state index contributed by atoms with van der Waals surface area (Å²) < 4.78 is 2.47. The molecule has 60 heavy (non-hydrogen) atoms. The van der Waals surface area contributed by atoms with Crippen molar-refractivity contribution >= 4 is 27.9 Å². The van der Waals surface area contributed by atoms with Gasteiger partial charge in [-0.1, -0.05) is 189 Å². The zero-order valence-electron chi connectivity index (χ0n) is 35.7. The third-order valence-corrected chi connectivity index (χ3v) is 13.2. The molecule has 7 aromatic carbocycles. The first-order valence-electron chi connectivity index (χ1n) is 21.9. The first-order chi connectivity index (χ1) is 29.3. The molecule has 0 bridgehead atoms. The van der Waals surface area contributed by atoms with Crippen molar-refractivity contribution in [3.05, 3.63) is 239 Å². The van der Waals surface area contributed by atoms with E-state index in [0.29, 0.717) is 5.92 Å². The molecule has 7 aromatic rings. The number of nitrogens with zero attached hydrogens (tertiary/aromatic N) is 2. The molecule has 2 aliphatic rings. The fraction of sp³-hybridized carbons (Fsp3) is 0.224. The number of allylic oxidation sites excluding steroid dienone is 4. The molecule has 0 N–H and O–H groups in total. The zero-order chi connectivity index (χ0) is 41.1. The van der Waals surface area contributed by atoms with Gasteiger partial charge in [-0.25, -0.2) is 0 Å². The molecule has 0 radical (unpaired) electrons. The van der Waals surface area contributed by atoms with Gasteiger partial charge in [-0.05, 0) is 95.7 Å². The van der Waals surface area contributed by atoms with E-state index in [4.69, 9.17) is 0 Å². The van der Waals surface area contributed by atoms with E-state index in [2.05, 4.69) is 231 Å². The van der Waals surface area contributed by atoms with Gasteiger partial charge in [0.05, 0.1) is 5.41 Å². The monoisotopic (exact) mass is 781 g/mol. The highest BCUT2D eigenvalue weighted by atomic mass is 15.2. The van der Waals surface area contributed by atoms with Crippen LogP contribution in [0.2, 0.25) is 0 Å². The molecule has 1 unspecified atom stereocenters. The molecule has 0 aliphatic carbocycles. The molecule has 0 fully saturated rings. The maximum atomic E-state index is 2.70. The average molecular weight is 782 g/mol. The van der Waals surface area contributed by atoms with E-state index in [-0.39, 0.29) is 10.8 Å². The van der Waals surface area contributed by atoms with Crippen LogP contribution in [0.4, 0.5) is 11.4 Å². The Morgan fingerprint density at radius 1 is 0.567 bits per heavy atom. The first kappa shape index (κ1) is 39.2. The van der Waals surface area contributed by atoms with E-state index >= 15 is 0 Å². The Labute approximate surface area is 357 Å². The molecule has 0 aromatic heterocycles. The standard InChI is InChI=1S/C58H57N2/c1-43(2)37-38-60-53-36-35-49-25-14-15-26-50(49)56(53)58(41-47-23-12-7-13-24-47,42-48-33-31-44(3)32-34-48)55(60)30-18-29-54-57(39-45-19-8-5-9-20-45,40-46-21-10-6-11-22-46)51-27-16-17-28-52(51)59(54)4/h5-36,43H,37-42H2,1-4H3/q+1. The second-order valence-corrected chi connectivity index (χ2v) is 17.7. The van der Waals surface area contributed by atoms with E-state index in [9.17, 15) is 0 Å². The number of benzene rings is 7. The average Bonchev–Trinajstić information content (AvgIpc) is 3.65. The van der Waals surface area contributed by atoms with Gasteiger partial charge >= 0.3 is 0 Å². The number of para-hydroxylation sites is 1. The molecule has 9 rings (SSSR count). The quantitative estimate of drug-likeness (QED) is 0.106. The minimum atomic E-state index is -0.325. The Kier molecular flexibility index (Phi) is 11.0. The molecule has 0 spiro atoms. The van der Waals surface area contributed by atoms with Crippen molar-refractivity contribution in [1.29, 1.82) is 0 Å². The maximum absolute atomic E-state index is 2.70. The van der Waals surface area contributed by atoms with Gasteiger partial charge in [-0.15, -0.1) is 0 Å². The summed E-state index contributed by atoms with van der Waals surface area (Å²) in [6.45, 7) is 7.86. The van der Waals surface area contributed by atoms with Gasteiger partial charge in [-0.3, -0.25) is 0 Å². The van der Waals surface area contributed by atoms with E-state index in [0.717, 1.165) is 38.6 Å². The number of hydrogen-bond acceptors (Lipinski definition) is 1. The topological polar surface area (TPSA) is 6.25 Å². The minimum absolute atomic E-state index is 0.266. The minimum Gasteiger partial charge on any atom is -0.344 e. The number of anilines is 1. The fourth-order valence-electron chi connectivity index (χ4n) is 10.4. The number of fused-ring (bicyclic) bond motifs is 4.